The van der Waals surface area contributed by atoms with Gasteiger partial charge in [-0.05, 0) is 94.8 Å². The Morgan fingerprint density at radius 1 is 0.932 bits per heavy atom. The number of fused-ring (bicyclic) bond motifs is 1. The molecule has 2 heterocycles. The second kappa shape index (κ2) is 14.8. The number of hydrogen-bond donors (Lipinski definition) is 2. The summed E-state index contributed by atoms with van der Waals surface area (Å²) in [6.07, 6.45) is 8.99. The van der Waals surface area contributed by atoms with Gasteiger partial charge in [0.2, 0.25) is 5.95 Å². The molecule has 2 N–H and O–H groups in total. The molecule has 1 aliphatic rings. The van der Waals surface area contributed by atoms with E-state index in [9.17, 15) is 0 Å². The Labute approximate surface area is 262 Å². The second-order valence-electron chi connectivity index (χ2n) is 12.1. The summed E-state index contributed by atoms with van der Waals surface area (Å²) in [5.41, 5.74) is 4.85. The number of methoxy groups -OCH3 is 2. The lowest BCUT2D eigenvalue weighted by Gasteiger charge is -2.37. The summed E-state index contributed by atoms with van der Waals surface area (Å²) < 4.78 is 13.2. The zero-order valence-corrected chi connectivity index (χ0v) is 27.3. The molecule has 0 amide bonds. The SMILES string of the molecule is CCCN(CCC)C1CCC(Nc2nc(NCc3ccc(-c4cc(OC)ccc4OC)cc3)c3ncn(C(C)C)c3n2)CC1. The second-order valence-corrected chi connectivity index (χ2v) is 12.1. The van der Waals surface area contributed by atoms with Crippen LogP contribution in [0.4, 0.5) is 11.8 Å². The minimum atomic E-state index is 0.246. The van der Waals surface area contributed by atoms with Crippen LogP contribution in [0.25, 0.3) is 22.3 Å². The van der Waals surface area contributed by atoms with Crippen molar-refractivity contribution < 1.29 is 9.47 Å². The highest BCUT2D eigenvalue weighted by Gasteiger charge is 2.26. The van der Waals surface area contributed by atoms with Crippen LogP contribution >= 0.6 is 0 Å². The van der Waals surface area contributed by atoms with Gasteiger partial charge >= 0.3 is 0 Å². The summed E-state index contributed by atoms with van der Waals surface area (Å²) in [6.45, 7) is 11.9. The maximum absolute atomic E-state index is 5.60. The van der Waals surface area contributed by atoms with Crippen LogP contribution in [-0.4, -0.2) is 63.8 Å². The molecule has 5 rings (SSSR count). The highest BCUT2D eigenvalue weighted by Crippen LogP contribution is 2.34. The molecule has 9 heteroatoms. The number of hydrogen-bond acceptors (Lipinski definition) is 8. The number of nitrogens with zero attached hydrogens (tertiary/aromatic N) is 5. The van der Waals surface area contributed by atoms with Crippen molar-refractivity contribution >= 4 is 22.9 Å². The number of ether oxygens (including phenoxy) is 2. The number of aromatic nitrogens is 4. The number of rotatable bonds is 14. The lowest BCUT2D eigenvalue weighted by Crippen LogP contribution is -2.41. The molecule has 0 unspecified atom stereocenters. The average molecular weight is 600 g/mol. The van der Waals surface area contributed by atoms with Crippen LogP contribution in [-0.2, 0) is 6.54 Å². The van der Waals surface area contributed by atoms with Gasteiger partial charge in [0.15, 0.2) is 17.0 Å². The fraction of sp³-hybridized carbons (Fsp3) is 0.514. The summed E-state index contributed by atoms with van der Waals surface area (Å²) in [4.78, 5) is 17.3. The Morgan fingerprint density at radius 2 is 1.66 bits per heavy atom. The van der Waals surface area contributed by atoms with Gasteiger partial charge < -0.3 is 29.6 Å². The quantitative estimate of drug-likeness (QED) is 0.154. The molecule has 0 aliphatic heterocycles. The number of nitrogens with one attached hydrogen (secondary N) is 2. The van der Waals surface area contributed by atoms with E-state index < -0.39 is 0 Å². The molecule has 9 nitrogen and oxygen atoms in total. The Morgan fingerprint density at radius 3 is 2.30 bits per heavy atom. The first-order valence-corrected chi connectivity index (χ1v) is 16.2. The molecule has 1 aliphatic carbocycles. The fourth-order valence-electron chi connectivity index (χ4n) is 6.33. The lowest BCUT2D eigenvalue weighted by atomic mass is 9.90. The van der Waals surface area contributed by atoms with Crippen LogP contribution in [0.2, 0.25) is 0 Å². The van der Waals surface area contributed by atoms with Gasteiger partial charge in [-0.15, -0.1) is 0 Å². The van der Waals surface area contributed by atoms with Crippen molar-refractivity contribution in [2.75, 3.05) is 37.9 Å². The minimum absolute atomic E-state index is 0.246. The zero-order chi connectivity index (χ0) is 31.1. The van der Waals surface area contributed by atoms with Crippen LogP contribution in [0, 0.1) is 0 Å². The van der Waals surface area contributed by atoms with E-state index in [4.69, 9.17) is 24.4 Å². The third-order valence-electron chi connectivity index (χ3n) is 8.68. The summed E-state index contributed by atoms with van der Waals surface area (Å²) in [5, 5.41) is 7.26. The zero-order valence-electron chi connectivity index (χ0n) is 27.3. The highest BCUT2D eigenvalue weighted by atomic mass is 16.5. The normalized spacial score (nSPS) is 16.9. The van der Waals surface area contributed by atoms with Crippen LogP contribution in [0.3, 0.4) is 0 Å². The van der Waals surface area contributed by atoms with Gasteiger partial charge in [0.1, 0.15) is 11.5 Å². The smallest absolute Gasteiger partial charge is 0.227 e. The van der Waals surface area contributed by atoms with Crippen LogP contribution in [0.1, 0.15) is 77.8 Å². The lowest BCUT2D eigenvalue weighted by molar-refractivity contribution is 0.152. The number of benzene rings is 2. The molecule has 236 valence electrons. The van der Waals surface area contributed by atoms with E-state index in [2.05, 4.69) is 72.1 Å². The molecule has 0 radical (unpaired) electrons. The Balaban J connectivity index is 1.31. The van der Waals surface area contributed by atoms with Crippen molar-refractivity contribution in [2.24, 2.45) is 0 Å². The predicted molar refractivity (Wildman–Crippen MR) is 180 cm³/mol. The molecule has 0 atom stereocenters. The van der Waals surface area contributed by atoms with Gasteiger partial charge in [-0.2, -0.15) is 9.97 Å². The maximum atomic E-state index is 5.60. The Kier molecular flexibility index (Phi) is 10.6. The predicted octanol–water partition coefficient (Wildman–Crippen LogP) is 7.55. The van der Waals surface area contributed by atoms with Crippen LogP contribution < -0.4 is 20.1 Å². The van der Waals surface area contributed by atoms with Gasteiger partial charge in [-0.1, -0.05) is 38.1 Å². The van der Waals surface area contributed by atoms with Gasteiger partial charge in [-0.3, -0.25) is 0 Å². The fourth-order valence-corrected chi connectivity index (χ4v) is 6.33. The minimum Gasteiger partial charge on any atom is -0.497 e. The summed E-state index contributed by atoms with van der Waals surface area (Å²) >= 11 is 0. The standard InChI is InChI=1S/C35H49N7O2/c1-7-19-41(20-8-2)28-15-13-27(14-16-28)38-35-39-33(32-34(40-35)42(23-37-32)24(3)4)36-22-25-9-11-26(12-10-25)30-21-29(43-5)17-18-31(30)44-6/h9-12,17-18,21,23-24,27-28H,7-8,13-16,19-20,22H2,1-6H3,(H2,36,38,39,40). The molecular weight excluding hydrogens is 550 g/mol. The molecule has 1 fully saturated rings. The van der Waals surface area contributed by atoms with Crippen LogP contribution in [0.5, 0.6) is 11.5 Å². The number of anilines is 2. The first kappa shape index (κ1) is 31.6. The van der Waals surface area contributed by atoms with Crippen molar-refractivity contribution in [3.63, 3.8) is 0 Å². The molecule has 0 spiro atoms. The molecule has 4 aromatic rings. The topological polar surface area (TPSA) is 89.4 Å². The van der Waals surface area contributed by atoms with Gasteiger partial charge in [-0.25, -0.2) is 4.98 Å². The van der Waals surface area contributed by atoms with E-state index >= 15 is 0 Å². The maximum Gasteiger partial charge on any atom is 0.227 e. The summed E-state index contributed by atoms with van der Waals surface area (Å²) in [5.74, 6) is 3.03. The Hall–Kier alpha value is -3.85. The summed E-state index contributed by atoms with van der Waals surface area (Å²) in [7, 11) is 3.37. The summed E-state index contributed by atoms with van der Waals surface area (Å²) in [6, 6.07) is 15.6. The largest absolute Gasteiger partial charge is 0.497 e. The van der Waals surface area contributed by atoms with E-state index in [1.54, 1.807) is 14.2 Å². The molecule has 2 aromatic heterocycles. The Bertz CT molecular complexity index is 1490. The van der Waals surface area contributed by atoms with E-state index in [1.807, 2.05) is 24.5 Å². The molecule has 2 aromatic carbocycles. The van der Waals surface area contributed by atoms with Crippen LogP contribution in [0.15, 0.2) is 48.8 Å². The van der Waals surface area contributed by atoms with Crippen molar-refractivity contribution in [1.82, 2.24) is 24.4 Å². The van der Waals surface area contributed by atoms with Gasteiger partial charge in [0.25, 0.3) is 0 Å². The first-order chi connectivity index (χ1) is 21.4. The number of imidazole rings is 1. The van der Waals surface area contributed by atoms with Crippen molar-refractivity contribution in [3.05, 3.63) is 54.4 Å². The first-order valence-electron chi connectivity index (χ1n) is 16.2. The van der Waals surface area contributed by atoms with Crippen molar-refractivity contribution in [2.45, 2.75) is 90.9 Å². The molecule has 1 saturated carbocycles. The van der Waals surface area contributed by atoms with Gasteiger partial charge in [0.05, 0.1) is 20.5 Å². The molecular formula is C35H49N7O2. The van der Waals surface area contributed by atoms with E-state index in [0.717, 1.165) is 58.0 Å². The molecule has 0 saturated heterocycles. The average Bonchev–Trinajstić information content (AvgIpc) is 3.48. The van der Waals surface area contributed by atoms with Gasteiger partial charge in [0, 0.05) is 30.2 Å². The molecule has 0 bridgehead atoms. The van der Waals surface area contributed by atoms with Crippen molar-refractivity contribution in [3.8, 4) is 22.6 Å². The van der Waals surface area contributed by atoms with E-state index in [1.165, 1.54) is 38.8 Å². The third-order valence-corrected chi connectivity index (χ3v) is 8.68. The van der Waals surface area contributed by atoms with E-state index in [-0.39, 0.29) is 6.04 Å². The monoisotopic (exact) mass is 599 g/mol. The highest BCUT2D eigenvalue weighted by molar-refractivity contribution is 5.84. The van der Waals surface area contributed by atoms with E-state index in [0.29, 0.717) is 24.6 Å². The third kappa shape index (κ3) is 7.26. The van der Waals surface area contributed by atoms with Crippen molar-refractivity contribution in [1.29, 1.82) is 0 Å². The molecule has 44 heavy (non-hydrogen) atoms.